The summed E-state index contributed by atoms with van der Waals surface area (Å²) in [6.45, 7) is 0.0700. The molecule has 7 heteroatoms. The van der Waals surface area contributed by atoms with Crippen LogP contribution in [-0.2, 0) is 27.4 Å². The van der Waals surface area contributed by atoms with Gasteiger partial charge in [0.1, 0.15) is 18.7 Å². The number of amides is 3. The van der Waals surface area contributed by atoms with E-state index in [1.165, 1.54) is 0 Å². The van der Waals surface area contributed by atoms with Crippen LogP contribution >= 0.6 is 0 Å². The predicted molar refractivity (Wildman–Crippen MR) is 135 cm³/mol. The number of carbonyl (C=O) groups is 3. The Morgan fingerprint density at radius 3 is 1.94 bits per heavy atom. The molecule has 0 fully saturated rings. The first-order valence-electron chi connectivity index (χ1n) is 11.3. The van der Waals surface area contributed by atoms with Crippen molar-refractivity contribution in [3.05, 3.63) is 114 Å². The number of nitrogens with one attached hydrogen (secondary N) is 2. The van der Waals surface area contributed by atoms with Gasteiger partial charge in [0.15, 0.2) is 0 Å². The van der Waals surface area contributed by atoms with Gasteiger partial charge < -0.3 is 21.1 Å². The van der Waals surface area contributed by atoms with Crippen LogP contribution in [0.4, 0.5) is 4.79 Å². The Morgan fingerprint density at radius 2 is 1.34 bits per heavy atom. The van der Waals surface area contributed by atoms with Crippen molar-refractivity contribution in [2.24, 2.45) is 5.73 Å². The molecule has 0 spiro atoms. The average molecular weight is 472 g/mol. The molecule has 0 saturated carbocycles. The summed E-state index contributed by atoms with van der Waals surface area (Å²) in [7, 11) is 0. The molecule has 3 aromatic carbocycles. The zero-order chi connectivity index (χ0) is 24.9. The summed E-state index contributed by atoms with van der Waals surface area (Å²) in [4.78, 5) is 37.5. The number of benzene rings is 3. The third-order valence-electron chi connectivity index (χ3n) is 5.25. The van der Waals surface area contributed by atoms with E-state index in [0.717, 1.165) is 16.7 Å². The third kappa shape index (κ3) is 8.81. The lowest BCUT2D eigenvalue weighted by Gasteiger charge is -2.21. The molecule has 35 heavy (non-hydrogen) atoms. The van der Waals surface area contributed by atoms with Gasteiger partial charge >= 0.3 is 6.09 Å². The van der Waals surface area contributed by atoms with Crippen molar-refractivity contribution in [2.45, 2.75) is 31.5 Å². The monoisotopic (exact) mass is 471 g/mol. The van der Waals surface area contributed by atoms with Crippen LogP contribution in [0.3, 0.4) is 0 Å². The highest BCUT2D eigenvalue weighted by Gasteiger charge is 2.26. The third-order valence-corrected chi connectivity index (χ3v) is 5.25. The smallest absolute Gasteiger partial charge is 0.408 e. The van der Waals surface area contributed by atoms with Crippen LogP contribution in [0.5, 0.6) is 0 Å². The summed E-state index contributed by atoms with van der Waals surface area (Å²) in [6, 6.07) is 26.2. The Labute approximate surface area is 205 Å². The van der Waals surface area contributed by atoms with Crippen molar-refractivity contribution in [3.8, 4) is 0 Å². The van der Waals surface area contributed by atoms with E-state index in [4.69, 9.17) is 10.5 Å². The van der Waals surface area contributed by atoms with Gasteiger partial charge in [-0.2, -0.15) is 0 Å². The number of nitrogens with two attached hydrogens (primary N) is 1. The number of ether oxygens (including phenoxy) is 1. The second-order valence-electron chi connectivity index (χ2n) is 7.96. The fraction of sp³-hybridized carbons (Fsp3) is 0.179. The van der Waals surface area contributed by atoms with Crippen molar-refractivity contribution in [1.29, 1.82) is 0 Å². The Bertz CT molecular complexity index is 1120. The molecule has 0 aromatic heterocycles. The van der Waals surface area contributed by atoms with Crippen LogP contribution in [0.1, 0.15) is 23.1 Å². The maximum Gasteiger partial charge on any atom is 0.408 e. The fourth-order valence-electron chi connectivity index (χ4n) is 3.39. The first-order chi connectivity index (χ1) is 17.0. The molecule has 2 atom stereocenters. The van der Waals surface area contributed by atoms with Crippen molar-refractivity contribution in [2.75, 3.05) is 0 Å². The molecule has 0 unspecified atom stereocenters. The first kappa shape index (κ1) is 25.2. The second-order valence-corrected chi connectivity index (χ2v) is 7.96. The van der Waals surface area contributed by atoms with Crippen LogP contribution in [0.25, 0.3) is 6.08 Å². The lowest BCUT2D eigenvalue weighted by Crippen LogP contribution is -2.53. The summed E-state index contributed by atoms with van der Waals surface area (Å²) in [5, 5.41) is 5.29. The van der Waals surface area contributed by atoms with E-state index in [1.807, 2.05) is 97.1 Å². The topological polar surface area (TPSA) is 111 Å². The SMILES string of the molecule is NC(=O)[C@@H](C/C=C/c1ccccc1)NC(=O)[C@H](Cc1ccccc1)NC(=O)OCc1ccccc1. The summed E-state index contributed by atoms with van der Waals surface area (Å²) >= 11 is 0. The van der Waals surface area contributed by atoms with Crippen molar-refractivity contribution in [3.63, 3.8) is 0 Å². The summed E-state index contributed by atoms with van der Waals surface area (Å²) in [5.41, 5.74) is 8.16. The number of primary amides is 1. The van der Waals surface area contributed by atoms with E-state index in [1.54, 1.807) is 6.08 Å². The van der Waals surface area contributed by atoms with E-state index >= 15 is 0 Å². The highest BCUT2D eigenvalue weighted by atomic mass is 16.5. The predicted octanol–water partition coefficient (Wildman–Crippen LogP) is 3.60. The Kier molecular flexibility index (Phi) is 9.63. The van der Waals surface area contributed by atoms with Crippen molar-refractivity contribution >= 4 is 24.0 Å². The Balaban J connectivity index is 1.64. The molecule has 3 amide bonds. The van der Waals surface area contributed by atoms with Gasteiger partial charge in [-0.1, -0.05) is 103 Å². The number of carbonyl (C=O) groups excluding carboxylic acids is 3. The number of hydrogen-bond donors (Lipinski definition) is 3. The van der Waals surface area contributed by atoms with Crippen molar-refractivity contribution < 1.29 is 19.1 Å². The Hall–Kier alpha value is -4.39. The summed E-state index contributed by atoms with van der Waals surface area (Å²) in [5.74, 6) is -1.19. The molecule has 0 saturated heterocycles. The molecule has 0 heterocycles. The molecule has 0 bridgehead atoms. The minimum Gasteiger partial charge on any atom is -0.445 e. The molecular formula is C28H29N3O4. The van der Waals surface area contributed by atoms with Gasteiger partial charge in [-0.3, -0.25) is 9.59 Å². The summed E-state index contributed by atoms with van der Waals surface area (Å²) < 4.78 is 5.28. The molecule has 3 aromatic rings. The van der Waals surface area contributed by atoms with Gasteiger partial charge in [0.25, 0.3) is 0 Å². The molecule has 180 valence electrons. The van der Waals surface area contributed by atoms with Gasteiger partial charge in [-0.25, -0.2) is 4.79 Å². The summed E-state index contributed by atoms with van der Waals surface area (Å²) in [6.07, 6.45) is 3.33. The van der Waals surface area contributed by atoms with Gasteiger partial charge in [0.05, 0.1) is 0 Å². The number of hydrogen-bond acceptors (Lipinski definition) is 4. The first-order valence-corrected chi connectivity index (χ1v) is 11.3. The molecule has 0 aliphatic carbocycles. The largest absolute Gasteiger partial charge is 0.445 e. The standard InChI is InChI=1S/C28H29N3O4/c29-26(32)24(18-10-17-21-11-4-1-5-12-21)30-27(33)25(19-22-13-6-2-7-14-22)31-28(34)35-20-23-15-8-3-9-16-23/h1-17,24-25H,18-20H2,(H2,29,32)(H,30,33)(H,31,34)/b17-10+/t24-,25+/m1/s1. The van der Waals surface area contributed by atoms with Gasteiger partial charge in [0.2, 0.25) is 11.8 Å². The maximum atomic E-state index is 13.1. The minimum atomic E-state index is -0.958. The average Bonchev–Trinajstić information content (AvgIpc) is 2.88. The van der Waals surface area contributed by atoms with Gasteiger partial charge in [-0.05, 0) is 23.1 Å². The number of alkyl carbamates (subject to hydrolysis) is 1. The van der Waals surface area contributed by atoms with Crippen LogP contribution < -0.4 is 16.4 Å². The fourth-order valence-corrected chi connectivity index (χ4v) is 3.39. The van der Waals surface area contributed by atoms with Crippen LogP contribution in [0, 0.1) is 0 Å². The van der Waals surface area contributed by atoms with Gasteiger partial charge in [0, 0.05) is 6.42 Å². The zero-order valence-electron chi connectivity index (χ0n) is 19.3. The molecule has 0 aliphatic rings. The Morgan fingerprint density at radius 1 is 0.771 bits per heavy atom. The molecule has 4 N–H and O–H groups in total. The van der Waals surface area contributed by atoms with E-state index in [0.29, 0.717) is 0 Å². The highest BCUT2D eigenvalue weighted by molar-refractivity contribution is 5.91. The lowest BCUT2D eigenvalue weighted by molar-refractivity contribution is -0.128. The minimum absolute atomic E-state index is 0.0700. The zero-order valence-corrected chi connectivity index (χ0v) is 19.3. The van der Waals surface area contributed by atoms with Crippen molar-refractivity contribution in [1.82, 2.24) is 10.6 Å². The molecule has 0 radical (unpaired) electrons. The number of rotatable bonds is 11. The quantitative estimate of drug-likeness (QED) is 0.397. The molecule has 7 nitrogen and oxygen atoms in total. The lowest BCUT2D eigenvalue weighted by atomic mass is 10.0. The second kappa shape index (κ2) is 13.3. The highest BCUT2D eigenvalue weighted by Crippen LogP contribution is 2.07. The van der Waals surface area contributed by atoms with Crippen LogP contribution in [-0.4, -0.2) is 30.0 Å². The van der Waals surface area contributed by atoms with Gasteiger partial charge in [-0.15, -0.1) is 0 Å². The van der Waals surface area contributed by atoms with E-state index < -0.39 is 30.0 Å². The van der Waals surface area contributed by atoms with E-state index in [2.05, 4.69) is 10.6 Å². The normalized spacial score (nSPS) is 12.5. The molecular weight excluding hydrogens is 442 g/mol. The van der Waals surface area contributed by atoms with Crippen LogP contribution in [0.15, 0.2) is 97.1 Å². The maximum absolute atomic E-state index is 13.1. The van der Waals surface area contributed by atoms with E-state index in [9.17, 15) is 14.4 Å². The van der Waals surface area contributed by atoms with Crippen LogP contribution in [0.2, 0.25) is 0 Å². The van der Waals surface area contributed by atoms with E-state index in [-0.39, 0.29) is 19.4 Å². The molecule has 0 aliphatic heterocycles. The molecule has 3 rings (SSSR count).